The van der Waals surface area contributed by atoms with E-state index in [2.05, 4.69) is 5.32 Å². The second kappa shape index (κ2) is 6.38. The number of carbonyl (C=O) groups excluding carboxylic acids is 2. The zero-order valence-electron chi connectivity index (χ0n) is 14.5. The first kappa shape index (κ1) is 17.3. The molecule has 2 fully saturated rings. The van der Waals surface area contributed by atoms with Gasteiger partial charge in [0.2, 0.25) is 0 Å². The van der Waals surface area contributed by atoms with Crippen molar-refractivity contribution < 1.29 is 19.5 Å². The molecule has 134 valence electrons. The number of hydrogen-bond donors (Lipinski definition) is 2. The number of carbonyl (C=O) groups is 3. The minimum absolute atomic E-state index is 0.0254. The fraction of sp³-hybridized carbons (Fsp3) is 0.500. The Morgan fingerprint density at radius 3 is 2.72 bits per heavy atom. The molecule has 3 amide bonds. The average molecular weight is 345 g/mol. The number of urea groups is 1. The first-order valence-electron chi connectivity index (χ1n) is 8.44. The van der Waals surface area contributed by atoms with Crippen molar-refractivity contribution in [2.24, 2.45) is 11.3 Å². The van der Waals surface area contributed by atoms with Crippen LogP contribution < -0.4 is 5.32 Å². The van der Waals surface area contributed by atoms with E-state index in [1.54, 1.807) is 43.3 Å². The number of hydrogen-bond acceptors (Lipinski definition) is 3. The van der Waals surface area contributed by atoms with Crippen molar-refractivity contribution in [1.82, 2.24) is 9.80 Å². The summed E-state index contributed by atoms with van der Waals surface area (Å²) in [7, 11) is 3.34. The second-order valence-electron chi connectivity index (χ2n) is 7.14. The van der Waals surface area contributed by atoms with Gasteiger partial charge in [-0.3, -0.25) is 9.59 Å². The molecule has 2 aliphatic rings. The Bertz CT molecular complexity index is 718. The minimum Gasteiger partial charge on any atom is -0.481 e. The summed E-state index contributed by atoms with van der Waals surface area (Å²) in [5, 5.41) is 12.4. The number of carboxylic acids is 1. The molecule has 1 saturated carbocycles. The summed E-state index contributed by atoms with van der Waals surface area (Å²) in [5.74, 6) is -0.919. The summed E-state index contributed by atoms with van der Waals surface area (Å²) in [6, 6.07) is 6.43. The Hall–Kier alpha value is -2.57. The highest BCUT2D eigenvalue weighted by atomic mass is 16.4. The van der Waals surface area contributed by atoms with Gasteiger partial charge in [-0.15, -0.1) is 0 Å². The van der Waals surface area contributed by atoms with Crippen LogP contribution in [-0.2, 0) is 4.79 Å². The maximum Gasteiger partial charge on any atom is 0.321 e. The number of benzene rings is 1. The quantitative estimate of drug-likeness (QED) is 0.878. The molecule has 0 spiro atoms. The van der Waals surface area contributed by atoms with Crippen LogP contribution in [0.15, 0.2) is 24.3 Å². The first-order valence-corrected chi connectivity index (χ1v) is 8.44. The second-order valence-corrected chi connectivity index (χ2v) is 7.14. The van der Waals surface area contributed by atoms with Crippen molar-refractivity contribution in [3.8, 4) is 0 Å². The summed E-state index contributed by atoms with van der Waals surface area (Å²) in [6.07, 6.45) is 2.38. The zero-order chi connectivity index (χ0) is 18.2. The molecule has 1 aromatic carbocycles. The molecule has 7 nitrogen and oxygen atoms in total. The standard InChI is InChI=1S/C18H23N3O4/c1-20(2)15(22)12-5-3-7-14(9-12)19-17(25)21-10-13-6-4-8-18(13,11-21)16(23)24/h3,5,7,9,13H,4,6,8,10-11H2,1-2H3,(H,19,25)(H,23,24)/t13-,18+/m0/s1. The molecule has 1 aromatic rings. The van der Waals surface area contributed by atoms with Gasteiger partial charge in [-0.05, 0) is 37.0 Å². The number of nitrogens with zero attached hydrogens (tertiary/aromatic N) is 2. The molecule has 1 saturated heterocycles. The lowest BCUT2D eigenvalue weighted by atomic mass is 9.81. The van der Waals surface area contributed by atoms with Gasteiger partial charge >= 0.3 is 12.0 Å². The average Bonchev–Trinajstić information content (AvgIpc) is 3.12. The number of nitrogens with one attached hydrogen (secondary N) is 1. The van der Waals surface area contributed by atoms with Crippen LogP contribution in [0.5, 0.6) is 0 Å². The lowest BCUT2D eigenvalue weighted by Gasteiger charge is -2.23. The summed E-state index contributed by atoms with van der Waals surface area (Å²) in [5.41, 5.74) is 0.224. The van der Waals surface area contributed by atoms with E-state index in [9.17, 15) is 19.5 Å². The molecule has 3 rings (SSSR count). The highest BCUT2D eigenvalue weighted by Gasteiger charge is 2.55. The lowest BCUT2D eigenvalue weighted by molar-refractivity contribution is -0.149. The van der Waals surface area contributed by atoms with Crippen molar-refractivity contribution in [2.75, 3.05) is 32.5 Å². The van der Waals surface area contributed by atoms with E-state index in [0.717, 1.165) is 12.8 Å². The fourth-order valence-corrected chi connectivity index (χ4v) is 3.98. The Morgan fingerprint density at radius 2 is 2.08 bits per heavy atom. The van der Waals surface area contributed by atoms with Crippen LogP contribution in [0.4, 0.5) is 10.5 Å². The Labute approximate surface area is 146 Å². The monoisotopic (exact) mass is 345 g/mol. The largest absolute Gasteiger partial charge is 0.481 e. The van der Waals surface area contributed by atoms with Crippen molar-refractivity contribution in [2.45, 2.75) is 19.3 Å². The maximum absolute atomic E-state index is 12.6. The molecule has 0 bridgehead atoms. The molecule has 0 aromatic heterocycles. The van der Waals surface area contributed by atoms with Crippen molar-refractivity contribution in [3.63, 3.8) is 0 Å². The van der Waals surface area contributed by atoms with Gasteiger partial charge in [0.1, 0.15) is 0 Å². The minimum atomic E-state index is -0.802. The number of anilines is 1. The van der Waals surface area contributed by atoms with Gasteiger partial charge in [0.15, 0.2) is 0 Å². The molecular formula is C18H23N3O4. The fourth-order valence-electron chi connectivity index (χ4n) is 3.98. The van der Waals surface area contributed by atoms with Crippen LogP contribution in [0.3, 0.4) is 0 Å². The normalized spacial score (nSPS) is 24.7. The van der Waals surface area contributed by atoms with Crippen molar-refractivity contribution in [3.05, 3.63) is 29.8 Å². The van der Waals surface area contributed by atoms with Crippen molar-refractivity contribution in [1.29, 1.82) is 0 Å². The zero-order valence-corrected chi connectivity index (χ0v) is 14.5. The van der Waals surface area contributed by atoms with E-state index in [4.69, 9.17) is 0 Å². The van der Waals surface area contributed by atoms with E-state index < -0.39 is 11.4 Å². The van der Waals surface area contributed by atoms with Crippen LogP contribution in [-0.4, -0.2) is 60.0 Å². The molecule has 2 atom stereocenters. The van der Waals surface area contributed by atoms with Crippen LogP contribution in [0.25, 0.3) is 0 Å². The molecule has 1 aliphatic heterocycles. The number of likely N-dealkylation sites (tertiary alicyclic amines) is 1. The van der Waals surface area contributed by atoms with E-state index >= 15 is 0 Å². The van der Waals surface area contributed by atoms with E-state index in [0.29, 0.717) is 24.2 Å². The molecule has 2 N–H and O–H groups in total. The van der Waals surface area contributed by atoms with Gasteiger partial charge in [0.05, 0.1) is 5.41 Å². The maximum atomic E-state index is 12.6. The molecule has 1 aliphatic carbocycles. The number of rotatable bonds is 3. The van der Waals surface area contributed by atoms with Gasteiger partial charge in [0.25, 0.3) is 5.91 Å². The molecule has 0 radical (unpaired) electrons. The summed E-state index contributed by atoms with van der Waals surface area (Å²) >= 11 is 0. The smallest absolute Gasteiger partial charge is 0.321 e. The van der Waals surface area contributed by atoms with Crippen LogP contribution in [0.1, 0.15) is 29.6 Å². The molecule has 1 heterocycles. The van der Waals surface area contributed by atoms with Crippen molar-refractivity contribution >= 4 is 23.6 Å². The lowest BCUT2D eigenvalue weighted by Crippen LogP contribution is -2.38. The highest BCUT2D eigenvalue weighted by Crippen LogP contribution is 2.48. The van der Waals surface area contributed by atoms with Crippen LogP contribution in [0, 0.1) is 11.3 Å². The topological polar surface area (TPSA) is 90.0 Å². The summed E-state index contributed by atoms with van der Waals surface area (Å²) < 4.78 is 0. The van der Waals surface area contributed by atoms with Gasteiger partial charge < -0.3 is 20.2 Å². The van der Waals surface area contributed by atoms with Gasteiger partial charge in [-0.2, -0.15) is 0 Å². The summed E-state index contributed by atoms with van der Waals surface area (Å²) in [6.45, 7) is 0.712. The molecular weight excluding hydrogens is 322 g/mol. The predicted molar refractivity (Wildman–Crippen MR) is 92.5 cm³/mol. The third-order valence-corrected chi connectivity index (χ3v) is 5.35. The van der Waals surface area contributed by atoms with Gasteiger partial charge in [-0.25, -0.2) is 4.79 Å². The summed E-state index contributed by atoms with van der Waals surface area (Å²) in [4.78, 5) is 39.3. The predicted octanol–water partition coefficient (Wildman–Crippen LogP) is 2.11. The Kier molecular flexibility index (Phi) is 4.41. The Balaban J connectivity index is 1.71. The number of aliphatic carboxylic acids is 1. The Morgan fingerprint density at radius 1 is 1.32 bits per heavy atom. The van der Waals surface area contributed by atoms with Crippen LogP contribution in [0.2, 0.25) is 0 Å². The number of amides is 3. The number of carboxylic acid groups (broad SMARTS) is 1. The molecule has 0 unspecified atom stereocenters. The SMILES string of the molecule is CN(C)C(=O)c1cccc(NC(=O)N2C[C@@H]3CCC[C@@]3(C(=O)O)C2)c1. The van der Waals surface area contributed by atoms with Gasteiger partial charge in [-0.1, -0.05) is 12.5 Å². The van der Waals surface area contributed by atoms with E-state index in [1.807, 2.05) is 0 Å². The van der Waals surface area contributed by atoms with E-state index in [1.165, 1.54) is 4.90 Å². The van der Waals surface area contributed by atoms with Crippen LogP contribution >= 0.6 is 0 Å². The third kappa shape index (κ3) is 3.06. The molecule has 25 heavy (non-hydrogen) atoms. The molecule has 7 heteroatoms. The third-order valence-electron chi connectivity index (χ3n) is 5.35. The van der Waals surface area contributed by atoms with Gasteiger partial charge in [0, 0.05) is 38.4 Å². The first-order chi connectivity index (χ1) is 11.8. The van der Waals surface area contributed by atoms with E-state index in [-0.39, 0.29) is 24.4 Å². The highest BCUT2D eigenvalue weighted by molar-refractivity contribution is 5.96. The number of fused-ring (bicyclic) bond motifs is 1.